The summed E-state index contributed by atoms with van der Waals surface area (Å²) in [5.41, 5.74) is 1.63. The van der Waals surface area contributed by atoms with Crippen LogP contribution in [0.2, 0.25) is 0 Å². The summed E-state index contributed by atoms with van der Waals surface area (Å²) in [6.07, 6.45) is 6.29. The Kier molecular flexibility index (Phi) is 2.12. The lowest BCUT2D eigenvalue weighted by molar-refractivity contribution is 0.563. The van der Waals surface area contributed by atoms with Gasteiger partial charge in [0.1, 0.15) is 0 Å². The first-order chi connectivity index (χ1) is 4.74. The molecule has 51 valence electrons. The van der Waals surface area contributed by atoms with Gasteiger partial charge in [0.2, 0.25) is 6.29 Å². The standard InChI is InChI=1S/C8H7OS/c1-6-2-3-8(10)7(4-6)5-9/h2,4H,3H2,1H3. The zero-order valence-electron chi connectivity index (χ0n) is 5.68. The van der Waals surface area contributed by atoms with Crippen molar-refractivity contribution in [3.63, 3.8) is 0 Å². The summed E-state index contributed by atoms with van der Waals surface area (Å²) in [7, 11) is 0. The van der Waals surface area contributed by atoms with Gasteiger partial charge in [-0.05, 0) is 13.0 Å². The van der Waals surface area contributed by atoms with Gasteiger partial charge in [0, 0.05) is 16.9 Å². The Hall–Kier alpha value is -0.760. The van der Waals surface area contributed by atoms with E-state index in [-0.39, 0.29) is 0 Å². The fourth-order valence-electron chi connectivity index (χ4n) is 0.817. The number of hydrogen-bond donors (Lipinski definition) is 0. The second-order valence-electron chi connectivity index (χ2n) is 2.24. The highest BCUT2D eigenvalue weighted by Gasteiger charge is 2.07. The second-order valence-corrected chi connectivity index (χ2v) is 2.73. The molecule has 0 spiro atoms. The predicted molar refractivity (Wildman–Crippen MR) is 44.7 cm³/mol. The fraction of sp³-hybridized carbons (Fsp3) is 0.250. The van der Waals surface area contributed by atoms with Crippen LogP contribution in [-0.2, 0) is 4.79 Å². The van der Waals surface area contributed by atoms with Gasteiger partial charge in [0.15, 0.2) is 0 Å². The van der Waals surface area contributed by atoms with E-state index < -0.39 is 0 Å². The third-order valence-electron chi connectivity index (χ3n) is 1.39. The Morgan fingerprint density at radius 3 is 2.90 bits per heavy atom. The van der Waals surface area contributed by atoms with E-state index in [4.69, 9.17) is 12.2 Å². The van der Waals surface area contributed by atoms with E-state index in [2.05, 4.69) is 0 Å². The summed E-state index contributed by atoms with van der Waals surface area (Å²) in [6.45, 7) is 1.94. The minimum absolute atomic E-state index is 0.537. The van der Waals surface area contributed by atoms with E-state index in [0.717, 1.165) is 5.57 Å². The number of hydrogen-bond acceptors (Lipinski definition) is 2. The summed E-state index contributed by atoms with van der Waals surface area (Å²) < 4.78 is 0. The summed E-state index contributed by atoms with van der Waals surface area (Å²) in [5.74, 6) is 0. The maximum Gasteiger partial charge on any atom is 0.234 e. The molecule has 1 nitrogen and oxygen atoms in total. The molecule has 0 bridgehead atoms. The largest absolute Gasteiger partial charge is 0.285 e. The minimum atomic E-state index is 0.537. The van der Waals surface area contributed by atoms with Gasteiger partial charge in [-0.25, -0.2) is 0 Å². The van der Waals surface area contributed by atoms with Crippen molar-refractivity contribution >= 4 is 23.4 Å². The highest BCUT2D eigenvalue weighted by atomic mass is 32.1. The minimum Gasteiger partial charge on any atom is -0.285 e. The molecule has 0 fully saturated rings. The molecule has 1 aliphatic carbocycles. The van der Waals surface area contributed by atoms with Crippen LogP contribution in [-0.4, -0.2) is 11.2 Å². The van der Waals surface area contributed by atoms with Crippen molar-refractivity contribution in [2.24, 2.45) is 0 Å². The highest BCUT2D eigenvalue weighted by molar-refractivity contribution is 7.81. The van der Waals surface area contributed by atoms with Crippen molar-refractivity contribution in [3.05, 3.63) is 23.3 Å². The molecule has 0 heterocycles. The van der Waals surface area contributed by atoms with Crippen LogP contribution in [0.25, 0.3) is 0 Å². The zero-order chi connectivity index (χ0) is 7.56. The monoisotopic (exact) mass is 151 g/mol. The molecule has 0 atom stereocenters. The van der Waals surface area contributed by atoms with Crippen molar-refractivity contribution in [2.45, 2.75) is 13.3 Å². The van der Waals surface area contributed by atoms with E-state index in [1.807, 2.05) is 19.3 Å². The van der Waals surface area contributed by atoms with Crippen molar-refractivity contribution in [1.29, 1.82) is 0 Å². The van der Waals surface area contributed by atoms with E-state index >= 15 is 0 Å². The van der Waals surface area contributed by atoms with Gasteiger partial charge in [0.25, 0.3) is 0 Å². The normalized spacial score (nSPS) is 17.9. The first-order valence-corrected chi connectivity index (χ1v) is 3.44. The molecular formula is C8H7OS. The second kappa shape index (κ2) is 2.88. The van der Waals surface area contributed by atoms with E-state index in [0.29, 0.717) is 16.9 Å². The molecule has 10 heavy (non-hydrogen) atoms. The maximum atomic E-state index is 10.2. The number of thiocarbonyl (C=S) groups is 1. The fourth-order valence-corrected chi connectivity index (χ4v) is 1.00. The Bertz CT molecular complexity index is 236. The third kappa shape index (κ3) is 1.39. The number of carbonyl (C=O) groups excluding carboxylic acids is 1. The van der Waals surface area contributed by atoms with E-state index in [1.54, 1.807) is 6.08 Å². The van der Waals surface area contributed by atoms with Crippen molar-refractivity contribution in [3.8, 4) is 0 Å². The first kappa shape index (κ1) is 7.35. The lowest BCUT2D eigenvalue weighted by Crippen LogP contribution is -2.03. The molecule has 0 unspecified atom stereocenters. The quantitative estimate of drug-likeness (QED) is 0.531. The van der Waals surface area contributed by atoms with Crippen LogP contribution in [0.5, 0.6) is 0 Å². The Balaban J connectivity index is 2.94. The highest BCUT2D eigenvalue weighted by Crippen LogP contribution is 2.12. The Labute approximate surface area is 65.4 Å². The van der Waals surface area contributed by atoms with Crippen LogP contribution in [0.4, 0.5) is 0 Å². The molecule has 0 aromatic carbocycles. The molecule has 0 N–H and O–H groups in total. The molecule has 2 heteroatoms. The average molecular weight is 151 g/mol. The molecule has 0 aromatic heterocycles. The molecule has 0 saturated carbocycles. The van der Waals surface area contributed by atoms with Gasteiger partial charge in [-0.2, -0.15) is 0 Å². The molecular weight excluding hydrogens is 144 g/mol. The average Bonchev–Trinajstić information content (AvgIpc) is 1.94. The molecule has 1 rings (SSSR count). The maximum absolute atomic E-state index is 10.2. The summed E-state index contributed by atoms with van der Waals surface area (Å²) >= 11 is 4.90. The van der Waals surface area contributed by atoms with Crippen LogP contribution in [0.15, 0.2) is 23.3 Å². The Morgan fingerprint density at radius 1 is 1.70 bits per heavy atom. The molecule has 1 radical (unpaired) electrons. The Morgan fingerprint density at radius 2 is 2.40 bits per heavy atom. The van der Waals surface area contributed by atoms with Crippen molar-refractivity contribution in [2.75, 3.05) is 0 Å². The van der Waals surface area contributed by atoms with Crippen LogP contribution in [0.1, 0.15) is 13.3 Å². The van der Waals surface area contributed by atoms with Crippen LogP contribution < -0.4 is 0 Å². The van der Waals surface area contributed by atoms with E-state index in [9.17, 15) is 4.79 Å². The van der Waals surface area contributed by atoms with Gasteiger partial charge in [-0.15, -0.1) is 0 Å². The topological polar surface area (TPSA) is 17.1 Å². The molecule has 0 saturated heterocycles. The molecule has 0 amide bonds. The van der Waals surface area contributed by atoms with Gasteiger partial charge < -0.3 is 0 Å². The molecule has 0 aliphatic heterocycles. The molecule has 0 aromatic rings. The number of rotatable bonds is 1. The SMILES string of the molecule is CC1=CCC(=S)C([C]=O)=C1. The van der Waals surface area contributed by atoms with Crippen molar-refractivity contribution < 1.29 is 4.79 Å². The van der Waals surface area contributed by atoms with Gasteiger partial charge in [0.05, 0.1) is 0 Å². The summed E-state index contributed by atoms with van der Waals surface area (Å²) in [4.78, 5) is 10.9. The van der Waals surface area contributed by atoms with Gasteiger partial charge >= 0.3 is 0 Å². The smallest absolute Gasteiger partial charge is 0.234 e. The van der Waals surface area contributed by atoms with Gasteiger partial charge in [-0.3, -0.25) is 4.79 Å². The lowest BCUT2D eigenvalue weighted by Gasteiger charge is -2.05. The summed E-state index contributed by atoms with van der Waals surface area (Å²) in [5, 5.41) is 0. The lowest BCUT2D eigenvalue weighted by atomic mass is 10.0. The first-order valence-electron chi connectivity index (χ1n) is 3.04. The van der Waals surface area contributed by atoms with Crippen LogP contribution in [0, 0.1) is 0 Å². The number of allylic oxidation sites excluding steroid dienone is 4. The van der Waals surface area contributed by atoms with Gasteiger partial charge in [-0.1, -0.05) is 23.9 Å². The third-order valence-corrected chi connectivity index (χ3v) is 1.78. The van der Waals surface area contributed by atoms with E-state index in [1.165, 1.54) is 0 Å². The van der Waals surface area contributed by atoms with Crippen LogP contribution >= 0.6 is 12.2 Å². The zero-order valence-corrected chi connectivity index (χ0v) is 6.49. The van der Waals surface area contributed by atoms with Crippen molar-refractivity contribution in [1.82, 2.24) is 0 Å². The van der Waals surface area contributed by atoms with Crippen LogP contribution in [0.3, 0.4) is 0 Å². The summed E-state index contributed by atoms with van der Waals surface area (Å²) in [6, 6.07) is 0. The molecule has 1 aliphatic rings. The predicted octanol–water partition coefficient (Wildman–Crippen LogP) is 1.74.